The maximum atomic E-state index is 13.4. The number of para-hydroxylation sites is 1. The quantitative estimate of drug-likeness (QED) is 0.751. The molecule has 1 saturated heterocycles. The summed E-state index contributed by atoms with van der Waals surface area (Å²) >= 11 is 0. The van der Waals surface area contributed by atoms with Crippen molar-refractivity contribution in [2.75, 3.05) is 18.4 Å². The molecule has 1 N–H and O–H groups in total. The number of urea groups is 1. The molecule has 2 aromatic carbocycles. The van der Waals surface area contributed by atoms with Crippen LogP contribution in [0.5, 0.6) is 0 Å². The van der Waals surface area contributed by atoms with E-state index < -0.39 is 0 Å². The zero-order valence-electron chi connectivity index (χ0n) is 14.6. The van der Waals surface area contributed by atoms with Crippen molar-refractivity contribution in [3.8, 4) is 11.4 Å². The normalized spacial score (nSPS) is 16.9. The van der Waals surface area contributed by atoms with Crippen LogP contribution in [0.15, 0.2) is 59.1 Å². The van der Waals surface area contributed by atoms with E-state index in [1.807, 2.05) is 30.3 Å². The third-order valence-corrected chi connectivity index (χ3v) is 4.61. The number of aromatic nitrogens is 2. The molecular formula is C20H19FN4O2. The van der Waals surface area contributed by atoms with Gasteiger partial charge < -0.3 is 14.7 Å². The fourth-order valence-corrected chi connectivity index (χ4v) is 3.23. The second-order valence-electron chi connectivity index (χ2n) is 6.55. The Labute approximate surface area is 156 Å². The first-order valence-electron chi connectivity index (χ1n) is 8.89. The van der Waals surface area contributed by atoms with E-state index in [9.17, 15) is 9.18 Å². The summed E-state index contributed by atoms with van der Waals surface area (Å²) in [5.74, 6) is 0.456. The Balaban J connectivity index is 1.45. The maximum Gasteiger partial charge on any atom is 0.321 e. The Bertz CT molecular complexity index is 928. The van der Waals surface area contributed by atoms with Gasteiger partial charge in [0.05, 0.1) is 5.92 Å². The number of benzene rings is 2. The molecule has 27 heavy (non-hydrogen) atoms. The first-order chi connectivity index (χ1) is 13.2. The molecule has 6 nitrogen and oxygen atoms in total. The number of carbonyl (C=O) groups is 1. The molecule has 138 valence electrons. The van der Waals surface area contributed by atoms with Crippen molar-refractivity contribution in [1.82, 2.24) is 15.0 Å². The number of piperidine rings is 1. The molecule has 0 aliphatic carbocycles. The van der Waals surface area contributed by atoms with E-state index in [2.05, 4.69) is 15.5 Å². The highest BCUT2D eigenvalue weighted by atomic mass is 19.1. The van der Waals surface area contributed by atoms with Crippen LogP contribution in [0, 0.1) is 5.82 Å². The average Bonchev–Trinajstić information content (AvgIpc) is 3.19. The molecule has 0 saturated carbocycles. The fraction of sp³-hybridized carbons (Fsp3) is 0.250. The first kappa shape index (κ1) is 17.2. The van der Waals surface area contributed by atoms with Crippen molar-refractivity contribution >= 4 is 11.7 Å². The summed E-state index contributed by atoms with van der Waals surface area (Å²) in [4.78, 5) is 18.7. The maximum absolute atomic E-state index is 13.4. The van der Waals surface area contributed by atoms with Gasteiger partial charge in [-0.25, -0.2) is 9.18 Å². The van der Waals surface area contributed by atoms with Crippen molar-refractivity contribution < 1.29 is 13.7 Å². The summed E-state index contributed by atoms with van der Waals surface area (Å²) in [6, 6.07) is 15.3. The number of nitrogens with zero attached hydrogens (tertiary/aromatic N) is 3. The zero-order valence-corrected chi connectivity index (χ0v) is 14.6. The predicted molar refractivity (Wildman–Crippen MR) is 98.7 cm³/mol. The number of hydrogen-bond acceptors (Lipinski definition) is 4. The molecule has 3 aromatic rings. The number of carbonyl (C=O) groups excluding carboxylic acids is 1. The largest absolute Gasteiger partial charge is 0.339 e. The van der Waals surface area contributed by atoms with Crippen LogP contribution < -0.4 is 5.32 Å². The molecule has 7 heteroatoms. The van der Waals surface area contributed by atoms with Crippen LogP contribution in [-0.2, 0) is 0 Å². The van der Waals surface area contributed by atoms with Crippen molar-refractivity contribution in [1.29, 1.82) is 0 Å². The lowest BCUT2D eigenvalue weighted by molar-refractivity contribution is 0.184. The summed E-state index contributed by atoms with van der Waals surface area (Å²) in [5.41, 5.74) is 1.33. The van der Waals surface area contributed by atoms with Gasteiger partial charge in [-0.1, -0.05) is 35.5 Å². The first-order valence-corrected chi connectivity index (χ1v) is 8.89. The molecule has 1 aliphatic rings. The van der Waals surface area contributed by atoms with E-state index in [1.54, 1.807) is 17.0 Å². The van der Waals surface area contributed by atoms with E-state index >= 15 is 0 Å². The van der Waals surface area contributed by atoms with E-state index in [0.29, 0.717) is 30.4 Å². The molecular weight excluding hydrogens is 347 g/mol. The lowest BCUT2D eigenvalue weighted by Gasteiger charge is -2.31. The SMILES string of the molecule is O=C(Nc1ccccc1)N1CCCC(c2nc(-c3cccc(F)c3)no2)C1. The van der Waals surface area contributed by atoms with Gasteiger partial charge in [0.15, 0.2) is 0 Å². The third-order valence-electron chi connectivity index (χ3n) is 4.61. The van der Waals surface area contributed by atoms with Crippen LogP contribution in [0.3, 0.4) is 0 Å². The van der Waals surface area contributed by atoms with E-state index in [0.717, 1.165) is 18.5 Å². The fourth-order valence-electron chi connectivity index (χ4n) is 3.23. The summed E-state index contributed by atoms with van der Waals surface area (Å²) in [6.45, 7) is 1.18. The van der Waals surface area contributed by atoms with E-state index in [-0.39, 0.29) is 17.8 Å². The molecule has 4 rings (SSSR count). The van der Waals surface area contributed by atoms with Crippen LogP contribution in [-0.4, -0.2) is 34.2 Å². The number of likely N-dealkylation sites (tertiary alicyclic amines) is 1. The highest BCUT2D eigenvalue weighted by molar-refractivity contribution is 5.89. The molecule has 1 aromatic heterocycles. The van der Waals surface area contributed by atoms with Gasteiger partial charge in [0.25, 0.3) is 0 Å². The van der Waals surface area contributed by atoms with Gasteiger partial charge >= 0.3 is 6.03 Å². The molecule has 1 atom stereocenters. The lowest BCUT2D eigenvalue weighted by Crippen LogP contribution is -2.41. The second-order valence-corrected chi connectivity index (χ2v) is 6.55. The van der Waals surface area contributed by atoms with Gasteiger partial charge in [-0.05, 0) is 37.1 Å². The molecule has 0 radical (unpaired) electrons. The van der Waals surface area contributed by atoms with Gasteiger partial charge in [-0.3, -0.25) is 0 Å². The summed E-state index contributed by atoms with van der Waals surface area (Å²) < 4.78 is 18.8. The molecule has 0 spiro atoms. The summed E-state index contributed by atoms with van der Waals surface area (Å²) in [7, 11) is 0. The van der Waals surface area contributed by atoms with Crippen molar-refractivity contribution in [2.24, 2.45) is 0 Å². The number of halogens is 1. The topological polar surface area (TPSA) is 71.3 Å². The smallest absolute Gasteiger partial charge is 0.321 e. The highest BCUT2D eigenvalue weighted by Crippen LogP contribution is 2.28. The van der Waals surface area contributed by atoms with Crippen molar-refractivity contribution in [2.45, 2.75) is 18.8 Å². The Kier molecular flexibility index (Phi) is 4.82. The summed E-state index contributed by atoms with van der Waals surface area (Å²) in [6.07, 6.45) is 1.71. The number of nitrogens with one attached hydrogen (secondary N) is 1. The van der Waals surface area contributed by atoms with Crippen LogP contribution in [0.2, 0.25) is 0 Å². The Hall–Kier alpha value is -3.22. The van der Waals surface area contributed by atoms with E-state index in [4.69, 9.17) is 4.52 Å². The highest BCUT2D eigenvalue weighted by Gasteiger charge is 2.28. The lowest BCUT2D eigenvalue weighted by atomic mass is 9.98. The van der Waals surface area contributed by atoms with Gasteiger partial charge in [-0.15, -0.1) is 0 Å². The van der Waals surface area contributed by atoms with E-state index in [1.165, 1.54) is 12.1 Å². The summed E-state index contributed by atoms with van der Waals surface area (Å²) in [5, 5.41) is 6.87. The van der Waals surface area contributed by atoms with Crippen molar-refractivity contribution in [3.05, 3.63) is 66.3 Å². The third kappa shape index (κ3) is 3.97. The minimum atomic E-state index is -0.347. The predicted octanol–water partition coefficient (Wildman–Crippen LogP) is 4.29. The Morgan fingerprint density at radius 1 is 1.19 bits per heavy atom. The molecule has 2 heterocycles. The van der Waals surface area contributed by atoms with Crippen LogP contribution in [0.1, 0.15) is 24.7 Å². The van der Waals surface area contributed by atoms with Crippen LogP contribution in [0.4, 0.5) is 14.9 Å². The number of rotatable bonds is 3. The van der Waals surface area contributed by atoms with Gasteiger partial charge in [0.2, 0.25) is 11.7 Å². The zero-order chi connectivity index (χ0) is 18.6. The monoisotopic (exact) mass is 366 g/mol. The van der Waals surface area contributed by atoms with Gasteiger partial charge in [0.1, 0.15) is 5.82 Å². The molecule has 2 amide bonds. The second kappa shape index (κ2) is 7.57. The molecule has 1 unspecified atom stereocenters. The standard InChI is InChI=1S/C20H19FN4O2/c21-16-8-4-6-14(12-16)18-23-19(27-24-18)15-7-5-11-25(13-15)20(26)22-17-9-2-1-3-10-17/h1-4,6,8-10,12,15H,5,7,11,13H2,(H,22,26). The Morgan fingerprint density at radius 3 is 2.85 bits per heavy atom. The minimum absolute atomic E-state index is 0.0323. The van der Waals surface area contributed by atoms with Gasteiger partial charge in [0, 0.05) is 24.3 Å². The Morgan fingerprint density at radius 2 is 2.04 bits per heavy atom. The van der Waals surface area contributed by atoms with Crippen LogP contribution in [0.25, 0.3) is 11.4 Å². The van der Waals surface area contributed by atoms with Crippen molar-refractivity contribution in [3.63, 3.8) is 0 Å². The number of amides is 2. The number of hydrogen-bond donors (Lipinski definition) is 1. The van der Waals surface area contributed by atoms with Crippen LogP contribution >= 0.6 is 0 Å². The average molecular weight is 366 g/mol. The minimum Gasteiger partial charge on any atom is -0.339 e. The van der Waals surface area contributed by atoms with Gasteiger partial charge in [-0.2, -0.15) is 4.98 Å². The molecule has 0 bridgehead atoms. The molecule has 1 aliphatic heterocycles. The number of anilines is 1. The molecule has 1 fully saturated rings.